The molecule has 5 heteroatoms. The van der Waals surface area contributed by atoms with Gasteiger partial charge >= 0.3 is 0 Å². The van der Waals surface area contributed by atoms with E-state index in [-0.39, 0.29) is 5.91 Å². The molecule has 1 N–H and O–H groups in total. The van der Waals surface area contributed by atoms with E-state index in [1.54, 1.807) is 12.5 Å². The first kappa shape index (κ1) is 14.7. The highest BCUT2D eigenvalue weighted by Crippen LogP contribution is 2.27. The molecular formula is C18H23N3O2. The average molecular weight is 313 g/mol. The molecule has 0 saturated carbocycles. The molecule has 1 unspecified atom stereocenters. The Hall–Kier alpha value is -1.88. The fourth-order valence-electron chi connectivity index (χ4n) is 4.01. The van der Waals surface area contributed by atoms with Gasteiger partial charge in [-0.1, -0.05) is 6.92 Å². The van der Waals surface area contributed by atoms with Crippen molar-refractivity contribution in [1.82, 2.24) is 15.2 Å². The lowest BCUT2D eigenvalue weighted by Gasteiger charge is -2.30. The van der Waals surface area contributed by atoms with Crippen LogP contribution in [0.15, 0.2) is 22.9 Å². The molecule has 2 aliphatic rings. The zero-order valence-corrected chi connectivity index (χ0v) is 13.5. The lowest BCUT2D eigenvalue weighted by molar-refractivity contribution is -0.121. The maximum absolute atomic E-state index is 12.4. The molecule has 5 nitrogen and oxygen atoms in total. The highest BCUT2D eigenvalue weighted by molar-refractivity contribution is 5.83. The van der Waals surface area contributed by atoms with Crippen molar-refractivity contribution in [2.75, 3.05) is 19.6 Å². The Labute approximate surface area is 136 Å². The summed E-state index contributed by atoms with van der Waals surface area (Å²) in [6.07, 6.45) is 7.17. The fraction of sp³-hybridized carbons (Fsp3) is 0.556. The Kier molecular flexibility index (Phi) is 3.81. The summed E-state index contributed by atoms with van der Waals surface area (Å²) >= 11 is 0. The van der Waals surface area contributed by atoms with Crippen molar-refractivity contribution >= 4 is 16.9 Å². The predicted molar refractivity (Wildman–Crippen MR) is 88.2 cm³/mol. The number of aromatic nitrogens is 1. The summed E-state index contributed by atoms with van der Waals surface area (Å²) in [5.74, 6) is 0.840. The summed E-state index contributed by atoms with van der Waals surface area (Å²) in [6.45, 7) is 5.50. The van der Waals surface area contributed by atoms with Crippen LogP contribution in [0.5, 0.6) is 0 Å². The van der Waals surface area contributed by atoms with E-state index in [1.807, 2.05) is 6.07 Å². The monoisotopic (exact) mass is 313 g/mol. The van der Waals surface area contributed by atoms with E-state index in [0.717, 1.165) is 42.0 Å². The van der Waals surface area contributed by atoms with Gasteiger partial charge in [0.1, 0.15) is 0 Å². The molecule has 4 heterocycles. The summed E-state index contributed by atoms with van der Waals surface area (Å²) in [5, 5.41) is 4.27. The van der Waals surface area contributed by atoms with Gasteiger partial charge in [-0.15, -0.1) is 0 Å². The number of rotatable bonds is 4. The summed E-state index contributed by atoms with van der Waals surface area (Å²) in [4.78, 5) is 19.2. The predicted octanol–water partition coefficient (Wildman–Crippen LogP) is 2.14. The third-order valence-corrected chi connectivity index (χ3v) is 5.15. The van der Waals surface area contributed by atoms with Crippen molar-refractivity contribution in [3.8, 4) is 0 Å². The summed E-state index contributed by atoms with van der Waals surface area (Å²) < 4.78 is 5.48. The Balaban J connectivity index is 1.42. The van der Waals surface area contributed by atoms with Gasteiger partial charge in [-0.25, -0.2) is 0 Å². The molecule has 122 valence electrons. The van der Waals surface area contributed by atoms with Crippen LogP contribution < -0.4 is 5.32 Å². The Morgan fingerprint density at radius 2 is 2.39 bits per heavy atom. The highest BCUT2D eigenvalue weighted by Gasteiger charge is 2.32. The van der Waals surface area contributed by atoms with Crippen molar-refractivity contribution in [3.05, 3.63) is 29.8 Å². The number of amides is 1. The number of aryl methyl sites for hydroxylation is 1. The number of hydrogen-bond donors (Lipinski definition) is 1. The second-order valence-corrected chi connectivity index (χ2v) is 6.88. The smallest absolute Gasteiger partial charge is 0.226 e. The first-order chi connectivity index (χ1) is 11.2. The van der Waals surface area contributed by atoms with Gasteiger partial charge in [0.25, 0.3) is 0 Å². The van der Waals surface area contributed by atoms with E-state index in [0.29, 0.717) is 12.5 Å². The average Bonchev–Trinajstić information content (AvgIpc) is 3.09. The number of nitrogens with one attached hydrogen (secondary N) is 1. The molecule has 3 atom stereocenters. The van der Waals surface area contributed by atoms with Crippen molar-refractivity contribution < 1.29 is 9.21 Å². The molecule has 2 aromatic rings. The topological polar surface area (TPSA) is 58.4 Å². The molecule has 2 fully saturated rings. The first-order valence-corrected chi connectivity index (χ1v) is 8.58. The van der Waals surface area contributed by atoms with Gasteiger partial charge in [0.05, 0.1) is 24.6 Å². The van der Waals surface area contributed by atoms with E-state index in [2.05, 4.69) is 22.1 Å². The van der Waals surface area contributed by atoms with Gasteiger partial charge in [0.2, 0.25) is 5.91 Å². The van der Waals surface area contributed by atoms with E-state index < -0.39 is 0 Å². The molecule has 1 amide bonds. The number of furan rings is 1. The molecule has 2 saturated heterocycles. The second kappa shape index (κ2) is 5.96. The van der Waals surface area contributed by atoms with Crippen LogP contribution in [0.25, 0.3) is 11.0 Å². The van der Waals surface area contributed by atoms with Gasteiger partial charge in [-0.3, -0.25) is 9.78 Å². The number of hydrogen-bond acceptors (Lipinski definition) is 4. The van der Waals surface area contributed by atoms with Gasteiger partial charge < -0.3 is 14.6 Å². The minimum atomic E-state index is 0.0749. The van der Waals surface area contributed by atoms with Gasteiger partial charge in [0, 0.05) is 24.5 Å². The van der Waals surface area contributed by atoms with Crippen LogP contribution in [0.3, 0.4) is 0 Å². The summed E-state index contributed by atoms with van der Waals surface area (Å²) in [6, 6.07) is 2.29. The molecule has 23 heavy (non-hydrogen) atoms. The Morgan fingerprint density at radius 1 is 1.48 bits per heavy atom. The molecule has 0 aliphatic carbocycles. The number of piperidine rings is 1. The van der Waals surface area contributed by atoms with E-state index in [9.17, 15) is 4.79 Å². The van der Waals surface area contributed by atoms with Crippen molar-refractivity contribution in [2.45, 2.75) is 38.6 Å². The van der Waals surface area contributed by atoms with E-state index >= 15 is 0 Å². The van der Waals surface area contributed by atoms with Gasteiger partial charge in [-0.2, -0.15) is 0 Å². The van der Waals surface area contributed by atoms with Crippen LogP contribution in [0.1, 0.15) is 31.0 Å². The maximum atomic E-state index is 12.4. The Morgan fingerprint density at radius 3 is 3.22 bits per heavy atom. The van der Waals surface area contributed by atoms with E-state index in [4.69, 9.17) is 4.42 Å². The largest absolute Gasteiger partial charge is 0.462 e. The second-order valence-electron chi connectivity index (χ2n) is 6.88. The van der Waals surface area contributed by atoms with Gasteiger partial charge in [-0.05, 0) is 43.4 Å². The first-order valence-electron chi connectivity index (χ1n) is 8.58. The molecule has 0 radical (unpaired) electrons. The lowest BCUT2D eigenvalue weighted by Crippen LogP contribution is -2.47. The quantitative estimate of drug-likeness (QED) is 0.939. The number of fused-ring (bicyclic) bond motifs is 3. The molecule has 2 bridgehead atoms. The molecule has 2 aromatic heterocycles. The van der Waals surface area contributed by atoms with Gasteiger partial charge in [0.15, 0.2) is 5.58 Å². The van der Waals surface area contributed by atoms with E-state index in [1.165, 1.54) is 25.1 Å². The number of carbonyl (C=O) groups excluding carboxylic acids is 1. The zero-order chi connectivity index (χ0) is 15.8. The third kappa shape index (κ3) is 2.98. The van der Waals surface area contributed by atoms with Crippen LogP contribution in [0.4, 0.5) is 0 Å². The minimum Gasteiger partial charge on any atom is -0.462 e. The van der Waals surface area contributed by atoms with Crippen LogP contribution in [0.2, 0.25) is 0 Å². The van der Waals surface area contributed by atoms with Crippen LogP contribution in [-0.4, -0.2) is 41.5 Å². The number of pyridine rings is 1. The molecule has 4 rings (SSSR count). The standard InChI is InChI=1S/C18H23N3O2/c1-2-13-11-23-17-8-19-14(6-16(13)17)7-18(22)20-15-5-12-3-4-21(9-12)10-15/h6,8,11-12,15H,2-5,7,9-10H2,1H3,(H,20,22)/t12-,15-/m1/s1. The fourth-order valence-corrected chi connectivity index (χ4v) is 4.01. The third-order valence-electron chi connectivity index (χ3n) is 5.15. The molecule has 2 aliphatic heterocycles. The Bertz CT molecular complexity index is 712. The number of carbonyl (C=O) groups is 1. The number of nitrogens with zero attached hydrogens (tertiary/aromatic N) is 2. The summed E-state index contributed by atoms with van der Waals surface area (Å²) in [7, 11) is 0. The van der Waals surface area contributed by atoms with Crippen molar-refractivity contribution in [1.29, 1.82) is 0 Å². The van der Waals surface area contributed by atoms with Crippen LogP contribution in [0, 0.1) is 5.92 Å². The molecule has 0 aromatic carbocycles. The normalized spacial score (nSPS) is 26.6. The highest BCUT2D eigenvalue weighted by atomic mass is 16.3. The van der Waals surface area contributed by atoms with Crippen LogP contribution >= 0.6 is 0 Å². The maximum Gasteiger partial charge on any atom is 0.226 e. The molecular weight excluding hydrogens is 290 g/mol. The van der Waals surface area contributed by atoms with Crippen LogP contribution in [-0.2, 0) is 17.6 Å². The zero-order valence-electron chi connectivity index (χ0n) is 13.5. The minimum absolute atomic E-state index is 0.0749. The lowest BCUT2D eigenvalue weighted by atomic mass is 9.97. The molecule has 0 spiro atoms. The SMILES string of the molecule is CCc1coc2cnc(CC(=O)N[C@@H]3C[C@H]4CCN(C4)C3)cc12. The van der Waals surface area contributed by atoms with Crippen molar-refractivity contribution in [3.63, 3.8) is 0 Å². The van der Waals surface area contributed by atoms with Crippen molar-refractivity contribution in [2.24, 2.45) is 5.92 Å². The summed E-state index contributed by atoms with van der Waals surface area (Å²) in [5.41, 5.74) is 2.77.